The zero-order valence-electron chi connectivity index (χ0n) is 4.56. The van der Waals surface area contributed by atoms with Crippen molar-refractivity contribution in [1.29, 1.82) is 0 Å². The lowest BCUT2D eigenvalue weighted by atomic mass is 10.2. The minimum Gasteiger partial charge on any atom is -0.465 e. The number of carbonyl (C=O) groups is 1. The van der Waals surface area contributed by atoms with Crippen LogP contribution in [0.2, 0.25) is 0 Å². The van der Waals surface area contributed by atoms with Crippen LogP contribution >= 0.6 is 22.6 Å². The predicted octanol–water partition coefficient (Wildman–Crippen LogP) is 0.983. The van der Waals surface area contributed by atoms with Gasteiger partial charge in [0.15, 0.2) is 0 Å². The lowest BCUT2D eigenvalue weighted by Gasteiger charge is -1.96. The molecule has 0 aromatic carbocycles. The van der Waals surface area contributed by atoms with E-state index in [4.69, 9.17) is 4.74 Å². The number of cyclic esters (lactones) is 1. The Morgan fingerprint density at radius 3 is 2.62 bits per heavy atom. The molecule has 1 rings (SSSR count). The summed E-state index contributed by atoms with van der Waals surface area (Å²) in [5.74, 6) is 0.348. The molecular formula is C5H7IO2. The molecule has 2 unspecified atom stereocenters. The zero-order chi connectivity index (χ0) is 6.15. The Morgan fingerprint density at radius 1 is 1.88 bits per heavy atom. The largest absolute Gasteiger partial charge is 0.465 e. The molecule has 0 bridgehead atoms. The van der Waals surface area contributed by atoms with E-state index in [0.29, 0.717) is 12.5 Å². The molecule has 1 saturated heterocycles. The zero-order valence-corrected chi connectivity index (χ0v) is 6.71. The standard InChI is InChI=1S/C5H7IO2/c1-3-2-8-5(7)4(3)6/h3-4H,2H2,1H3. The monoisotopic (exact) mass is 226 g/mol. The molecule has 2 atom stereocenters. The summed E-state index contributed by atoms with van der Waals surface area (Å²) in [6, 6.07) is 0. The first-order valence-corrected chi connectivity index (χ1v) is 3.77. The second kappa shape index (κ2) is 2.21. The van der Waals surface area contributed by atoms with Gasteiger partial charge < -0.3 is 4.74 Å². The molecule has 0 spiro atoms. The lowest BCUT2D eigenvalue weighted by molar-refractivity contribution is -0.137. The van der Waals surface area contributed by atoms with Crippen LogP contribution in [0.1, 0.15) is 6.92 Å². The Hall–Kier alpha value is 0.200. The first kappa shape index (κ1) is 6.32. The van der Waals surface area contributed by atoms with E-state index in [1.54, 1.807) is 0 Å². The average Bonchev–Trinajstić information content (AvgIpc) is 1.98. The fraction of sp³-hybridized carbons (Fsp3) is 0.800. The molecule has 46 valence electrons. The van der Waals surface area contributed by atoms with Crippen molar-refractivity contribution in [2.24, 2.45) is 5.92 Å². The highest BCUT2D eigenvalue weighted by molar-refractivity contribution is 14.1. The van der Waals surface area contributed by atoms with Crippen molar-refractivity contribution in [1.82, 2.24) is 0 Å². The van der Waals surface area contributed by atoms with E-state index >= 15 is 0 Å². The molecule has 0 saturated carbocycles. The Labute approximate surface area is 61.7 Å². The molecule has 1 aliphatic rings. The summed E-state index contributed by atoms with van der Waals surface area (Å²) in [4.78, 5) is 10.6. The smallest absolute Gasteiger partial charge is 0.319 e. The molecule has 0 amide bonds. The molecule has 1 fully saturated rings. The third kappa shape index (κ3) is 0.962. The van der Waals surface area contributed by atoms with Gasteiger partial charge in [-0.25, -0.2) is 0 Å². The van der Waals surface area contributed by atoms with Gasteiger partial charge in [-0.05, 0) is 0 Å². The highest BCUT2D eigenvalue weighted by Crippen LogP contribution is 2.21. The van der Waals surface area contributed by atoms with Crippen LogP contribution < -0.4 is 0 Å². The van der Waals surface area contributed by atoms with Gasteiger partial charge in [-0.1, -0.05) is 29.5 Å². The van der Waals surface area contributed by atoms with Crippen molar-refractivity contribution in [3.05, 3.63) is 0 Å². The van der Waals surface area contributed by atoms with Crippen molar-refractivity contribution in [2.45, 2.75) is 10.8 Å². The highest BCUT2D eigenvalue weighted by Gasteiger charge is 2.30. The minimum atomic E-state index is -0.0573. The summed E-state index contributed by atoms with van der Waals surface area (Å²) >= 11 is 2.11. The molecule has 2 nitrogen and oxygen atoms in total. The number of halogens is 1. The van der Waals surface area contributed by atoms with Gasteiger partial charge in [0.25, 0.3) is 0 Å². The lowest BCUT2D eigenvalue weighted by Crippen LogP contribution is -2.10. The van der Waals surface area contributed by atoms with Gasteiger partial charge in [0, 0.05) is 5.92 Å². The van der Waals surface area contributed by atoms with Crippen LogP contribution in [0.5, 0.6) is 0 Å². The van der Waals surface area contributed by atoms with Crippen LogP contribution in [0, 0.1) is 5.92 Å². The molecule has 0 aromatic rings. The molecule has 1 aliphatic heterocycles. The maximum absolute atomic E-state index is 10.6. The second-order valence-electron chi connectivity index (χ2n) is 2.01. The van der Waals surface area contributed by atoms with Crippen molar-refractivity contribution in [2.75, 3.05) is 6.61 Å². The number of alkyl halides is 1. The normalized spacial score (nSPS) is 37.5. The van der Waals surface area contributed by atoms with Gasteiger partial charge >= 0.3 is 5.97 Å². The maximum atomic E-state index is 10.6. The third-order valence-electron chi connectivity index (χ3n) is 1.21. The SMILES string of the molecule is CC1COC(=O)C1I. The van der Waals surface area contributed by atoms with Crippen molar-refractivity contribution in [3.63, 3.8) is 0 Å². The molecule has 0 aliphatic carbocycles. The van der Waals surface area contributed by atoms with Crippen molar-refractivity contribution < 1.29 is 9.53 Å². The minimum absolute atomic E-state index is 0.0573. The second-order valence-corrected chi connectivity index (χ2v) is 3.35. The summed E-state index contributed by atoms with van der Waals surface area (Å²) in [7, 11) is 0. The van der Waals surface area contributed by atoms with Gasteiger partial charge in [0.2, 0.25) is 0 Å². The van der Waals surface area contributed by atoms with Crippen LogP contribution in [0.15, 0.2) is 0 Å². The van der Waals surface area contributed by atoms with Crippen LogP contribution in [-0.4, -0.2) is 16.5 Å². The summed E-state index contributed by atoms with van der Waals surface area (Å²) in [6.45, 7) is 2.62. The van der Waals surface area contributed by atoms with E-state index in [1.807, 2.05) is 6.92 Å². The van der Waals surface area contributed by atoms with E-state index in [1.165, 1.54) is 0 Å². The molecule has 0 N–H and O–H groups in total. The van der Waals surface area contributed by atoms with Crippen LogP contribution in [0.25, 0.3) is 0 Å². The van der Waals surface area contributed by atoms with Crippen LogP contribution in [0.3, 0.4) is 0 Å². The van der Waals surface area contributed by atoms with Crippen molar-refractivity contribution >= 4 is 28.6 Å². The van der Waals surface area contributed by atoms with E-state index in [9.17, 15) is 4.79 Å². The van der Waals surface area contributed by atoms with E-state index in [-0.39, 0.29) is 9.89 Å². The quantitative estimate of drug-likeness (QED) is 0.349. The number of hydrogen-bond acceptors (Lipinski definition) is 2. The molecule has 0 aromatic heterocycles. The number of hydrogen-bond donors (Lipinski definition) is 0. The predicted molar refractivity (Wildman–Crippen MR) is 37.9 cm³/mol. The average molecular weight is 226 g/mol. The van der Waals surface area contributed by atoms with E-state index in [0.717, 1.165) is 0 Å². The van der Waals surface area contributed by atoms with Crippen LogP contribution in [-0.2, 0) is 9.53 Å². The Kier molecular flexibility index (Phi) is 1.74. The maximum Gasteiger partial charge on any atom is 0.319 e. The van der Waals surface area contributed by atoms with Gasteiger partial charge in [-0.15, -0.1) is 0 Å². The van der Waals surface area contributed by atoms with E-state index < -0.39 is 0 Å². The van der Waals surface area contributed by atoms with Gasteiger partial charge in [-0.2, -0.15) is 0 Å². The van der Waals surface area contributed by atoms with Crippen LogP contribution in [0.4, 0.5) is 0 Å². The fourth-order valence-corrected chi connectivity index (χ4v) is 0.997. The molecule has 1 heterocycles. The van der Waals surface area contributed by atoms with E-state index in [2.05, 4.69) is 22.6 Å². The fourth-order valence-electron chi connectivity index (χ4n) is 0.610. The Morgan fingerprint density at radius 2 is 2.50 bits per heavy atom. The molecule has 0 radical (unpaired) electrons. The van der Waals surface area contributed by atoms with Gasteiger partial charge in [0.1, 0.15) is 3.92 Å². The summed E-state index contributed by atoms with van der Waals surface area (Å²) < 4.78 is 4.82. The Balaban J connectivity index is 2.56. The molecule has 8 heavy (non-hydrogen) atoms. The summed E-state index contributed by atoms with van der Waals surface area (Å²) in [5, 5.41) is 0. The first-order chi connectivity index (χ1) is 3.72. The number of esters is 1. The molecule has 3 heteroatoms. The number of carbonyl (C=O) groups excluding carboxylic acids is 1. The first-order valence-electron chi connectivity index (χ1n) is 2.52. The Bertz CT molecular complexity index is 113. The van der Waals surface area contributed by atoms with Crippen molar-refractivity contribution in [3.8, 4) is 0 Å². The summed E-state index contributed by atoms with van der Waals surface area (Å²) in [5.41, 5.74) is 0. The van der Waals surface area contributed by atoms with Gasteiger partial charge in [0.05, 0.1) is 6.61 Å². The third-order valence-corrected chi connectivity index (χ3v) is 2.95. The number of ether oxygens (including phenoxy) is 1. The highest BCUT2D eigenvalue weighted by atomic mass is 127. The topological polar surface area (TPSA) is 26.3 Å². The summed E-state index contributed by atoms with van der Waals surface area (Å²) in [6.07, 6.45) is 0. The molecular weight excluding hydrogens is 219 g/mol. The number of rotatable bonds is 0. The van der Waals surface area contributed by atoms with Gasteiger partial charge in [-0.3, -0.25) is 4.79 Å².